The lowest BCUT2D eigenvalue weighted by molar-refractivity contribution is 0.00945. The molecule has 2 rings (SSSR count). The smallest absolute Gasteiger partial charge is 0.241 e. The highest BCUT2D eigenvalue weighted by molar-refractivity contribution is 9.11. The molecule has 1 aromatic rings. The summed E-state index contributed by atoms with van der Waals surface area (Å²) in [5.74, 6) is 0. The zero-order valence-electron chi connectivity index (χ0n) is 10.9. The van der Waals surface area contributed by atoms with E-state index >= 15 is 0 Å². The third-order valence-electron chi connectivity index (χ3n) is 3.56. The first-order valence-corrected chi connectivity index (χ1v) is 9.56. The summed E-state index contributed by atoms with van der Waals surface area (Å²) >= 11 is 6.51. The zero-order valence-corrected chi connectivity index (χ0v) is 14.9. The van der Waals surface area contributed by atoms with Crippen molar-refractivity contribution in [2.45, 2.75) is 42.6 Å². The van der Waals surface area contributed by atoms with Crippen LogP contribution in [0.3, 0.4) is 0 Å². The third-order valence-corrected chi connectivity index (χ3v) is 6.45. The van der Waals surface area contributed by atoms with Crippen molar-refractivity contribution in [3.8, 4) is 0 Å². The van der Waals surface area contributed by atoms with Gasteiger partial charge in [-0.05, 0) is 47.0 Å². The summed E-state index contributed by atoms with van der Waals surface area (Å²) < 4.78 is 28.4. The normalized spacial score (nSPS) is 18.9. The molecule has 1 saturated carbocycles. The van der Waals surface area contributed by atoms with Crippen molar-refractivity contribution in [1.82, 2.24) is 4.72 Å². The SMILES string of the molecule is O=S(=O)(NCC1(O)CCCCC1)c1cc(Br)ccc1Br. The van der Waals surface area contributed by atoms with Crippen LogP contribution in [0.5, 0.6) is 0 Å². The minimum absolute atomic E-state index is 0.0638. The lowest BCUT2D eigenvalue weighted by Gasteiger charge is -2.32. The Labute approximate surface area is 136 Å². The van der Waals surface area contributed by atoms with Gasteiger partial charge in [-0.3, -0.25) is 0 Å². The molecule has 0 atom stereocenters. The van der Waals surface area contributed by atoms with E-state index in [1.807, 2.05) is 0 Å². The first-order valence-electron chi connectivity index (χ1n) is 6.50. The van der Waals surface area contributed by atoms with Crippen molar-refractivity contribution in [2.24, 2.45) is 0 Å². The number of benzene rings is 1. The van der Waals surface area contributed by atoms with E-state index in [0.29, 0.717) is 21.8 Å². The van der Waals surface area contributed by atoms with E-state index in [4.69, 9.17) is 0 Å². The second kappa shape index (κ2) is 6.44. The highest BCUT2D eigenvalue weighted by Crippen LogP contribution is 2.29. The Balaban J connectivity index is 2.13. The van der Waals surface area contributed by atoms with Crippen molar-refractivity contribution in [1.29, 1.82) is 0 Å². The zero-order chi connectivity index (χ0) is 14.8. The van der Waals surface area contributed by atoms with Gasteiger partial charge >= 0.3 is 0 Å². The number of halogens is 2. The molecule has 0 radical (unpaired) electrons. The second-order valence-electron chi connectivity index (χ2n) is 5.18. The molecule has 1 aromatic carbocycles. The molecule has 0 aliphatic heterocycles. The van der Waals surface area contributed by atoms with Crippen LogP contribution in [0.15, 0.2) is 32.0 Å². The fraction of sp³-hybridized carbons (Fsp3) is 0.538. The molecule has 112 valence electrons. The number of aliphatic hydroxyl groups is 1. The molecule has 7 heteroatoms. The molecule has 1 aliphatic rings. The van der Waals surface area contributed by atoms with Crippen molar-refractivity contribution < 1.29 is 13.5 Å². The average Bonchev–Trinajstić information content (AvgIpc) is 2.40. The van der Waals surface area contributed by atoms with E-state index in [0.717, 1.165) is 19.3 Å². The summed E-state index contributed by atoms with van der Waals surface area (Å²) in [4.78, 5) is 0.172. The molecule has 0 bridgehead atoms. The molecule has 0 amide bonds. The lowest BCUT2D eigenvalue weighted by atomic mass is 9.85. The Hall–Kier alpha value is 0.0500. The van der Waals surface area contributed by atoms with Gasteiger partial charge in [-0.2, -0.15) is 0 Å². The Morgan fingerprint density at radius 3 is 2.50 bits per heavy atom. The largest absolute Gasteiger partial charge is 0.389 e. The van der Waals surface area contributed by atoms with Crippen molar-refractivity contribution in [3.63, 3.8) is 0 Å². The topological polar surface area (TPSA) is 66.4 Å². The standard InChI is InChI=1S/C13H17Br2NO3S/c14-10-4-5-11(15)12(8-10)20(18,19)16-9-13(17)6-2-1-3-7-13/h4-5,8,16-17H,1-3,6-7,9H2. The van der Waals surface area contributed by atoms with Gasteiger partial charge in [-0.15, -0.1) is 0 Å². The molecule has 1 aliphatic carbocycles. The Kier molecular flexibility index (Phi) is 5.29. The summed E-state index contributed by atoms with van der Waals surface area (Å²) in [5.41, 5.74) is -0.913. The van der Waals surface area contributed by atoms with Crippen LogP contribution in [-0.4, -0.2) is 25.7 Å². The quantitative estimate of drug-likeness (QED) is 0.776. The summed E-state index contributed by atoms with van der Waals surface area (Å²) in [6.07, 6.45) is 4.29. The van der Waals surface area contributed by atoms with Crippen LogP contribution in [0.4, 0.5) is 0 Å². The van der Waals surface area contributed by atoms with E-state index in [-0.39, 0.29) is 11.4 Å². The fourth-order valence-electron chi connectivity index (χ4n) is 2.38. The third kappa shape index (κ3) is 4.04. The average molecular weight is 427 g/mol. The minimum atomic E-state index is -3.64. The Morgan fingerprint density at radius 2 is 1.85 bits per heavy atom. The highest BCUT2D eigenvalue weighted by Gasteiger charge is 2.31. The predicted octanol–water partition coefficient (Wildman–Crippen LogP) is 3.19. The Morgan fingerprint density at radius 1 is 1.20 bits per heavy atom. The number of sulfonamides is 1. The molecule has 0 spiro atoms. The summed E-state index contributed by atoms with van der Waals surface area (Å²) in [6, 6.07) is 4.98. The maximum absolute atomic E-state index is 12.3. The van der Waals surface area contributed by atoms with Crippen LogP contribution >= 0.6 is 31.9 Å². The van der Waals surface area contributed by atoms with Gasteiger partial charge in [0.25, 0.3) is 0 Å². The van der Waals surface area contributed by atoms with Crippen LogP contribution in [0.2, 0.25) is 0 Å². The monoisotopic (exact) mass is 425 g/mol. The van der Waals surface area contributed by atoms with E-state index in [9.17, 15) is 13.5 Å². The van der Waals surface area contributed by atoms with Gasteiger partial charge < -0.3 is 5.11 Å². The molecule has 0 saturated heterocycles. The van der Waals surface area contributed by atoms with Crippen LogP contribution < -0.4 is 4.72 Å². The fourth-order valence-corrected chi connectivity index (χ4v) is 5.00. The highest BCUT2D eigenvalue weighted by atomic mass is 79.9. The van der Waals surface area contributed by atoms with Gasteiger partial charge in [0.15, 0.2) is 0 Å². The van der Waals surface area contributed by atoms with Gasteiger partial charge in [0.05, 0.1) is 10.5 Å². The number of rotatable bonds is 4. The predicted molar refractivity (Wildman–Crippen MR) is 85.1 cm³/mol. The lowest BCUT2D eigenvalue weighted by Crippen LogP contribution is -2.44. The molecule has 4 nitrogen and oxygen atoms in total. The molecular formula is C13H17Br2NO3S. The van der Waals surface area contributed by atoms with Crippen molar-refractivity contribution >= 4 is 41.9 Å². The molecule has 0 unspecified atom stereocenters. The van der Waals surface area contributed by atoms with Crippen LogP contribution in [-0.2, 0) is 10.0 Å². The molecular weight excluding hydrogens is 410 g/mol. The maximum Gasteiger partial charge on any atom is 0.241 e. The van der Waals surface area contributed by atoms with Gasteiger partial charge in [0, 0.05) is 15.5 Å². The maximum atomic E-state index is 12.3. The van der Waals surface area contributed by atoms with Crippen LogP contribution in [0, 0.1) is 0 Å². The molecule has 0 aromatic heterocycles. The second-order valence-corrected chi connectivity index (χ2v) is 8.69. The van der Waals surface area contributed by atoms with E-state index in [1.165, 1.54) is 6.07 Å². The molecule has 2 N–H and O–H groups in total. The van der Waals surface area contributed by atoms with Crippen molar-refractivity contribution in [3.05, 3.63) is 27.1 Å². The number of hydrogen-bond donors (Lipinski definition) is 2. The molecule has 1 fully saturated rings. The summed E-state index contributed by atoms with van der Waals surface area (Å²) in [5, 5.41) is 10.4. The first-order chi connectivity index (χ1) is 9.32. The van der Waals surface area contributed by atoms with Gasteiger partial charge in [0.2, 0.25) is 10.0 Å². The van der Waals surface area contributed by atoms with E-state index in [2.05, 4.69) is 36.6 Å². The molecule has 20 heavy (non-hydrogen) atoms. The van der Waals surface area contributed by atoms with Gasteiger partial charge in [-0.25, -0.2) is 13.1 Å². The first kappa shape index (κ1) is 16.4. The number of hydrogen-bond acceptors (Lipinski definition) is 3. The minimum Gasteiger partial charge on any atom is -0.389 e. The molecule has 0 heterocycles. The van der Waals surface area contributed by atoms with Gasteiger partial charge in [-0.1, -0.05) is 35.2 Å². The Bertz CT molecular complexity index is 583. The van der Waals surface area contributed by atoms with Crippen LogP contribution in [0.1, 0.15) is 32.1 Å². The van der Waals surface area contributed by atoms with Crippen molar-refractivity contribution in [2.75, 3.05) is 6.54 Å². The van der Waals surface area contributed by atoms with Gasteiger partial charge in [0.1, 0.15) is 0 Å². The van der Waals surface area contributed by atoms with Crippen LogP contribution in [0.25, 0.3) is 0 Å². The summed E-state index contributed by atoms with van der Waals surface area (Å²) in [6.45, 7) is 0.0638. The van der Waals surface area contributed by atoms with E-state index < -0.39 is 15.6 Å². The van der Waals surface area contributed by atoms with E-state index in [1.54, 1.807) is 12.1 Å². The summed E-state index contributed by atoms with van der Waals surface area (Å²) in [7, 11) is -3.64. The number of nitrogens with one attached hydrogen (secondary N) is 1.